The van der Waals surface area contributed by atoms with E-state index in [0.717, 1.165) is 14.2 Å². The summed E-state index contributed by atoms with van der Waals surface area (Å²) in [4.78, 5) is 11.7. The van der Waals surface area contributed by atoms with Crippen LogP contribution >= 0.6 is 47.0 Å². The highest BCUT2D eigenvalue weighted by Crippen LogP contribution is 2.53. The third-order valence-electron chi connectivity index (χ3n) is 2.39. The Balaban J connectivity index is 3.47. The summed E-state index contributed by atoms with van der Waals surface area (Å²) in [6.07, 6.45) is 0. The summed E-state index contributed by atoms with van der Waals surface area (Å²) in [7, 11) is -0.476. The lowest BCUT2D eigenvalue weighted by atomic mass is 10.2. The van der Waals surface area contributed by atoms with E-state index < -0.39 is 13.8 Å². The maximum Gasteiger partial charge on any atom is 0.529 e. The summed E-state index contributed by atoms with van der Waals surface area (Å²) >= 11 is 14.9. The van der Waals surface area contributed by atoms with E-state index in [1.807, 2.05) is 0 Å². The Morgan fingerprint density at radius 3 is 2.23 bits per heavy atom. The normalized spacial score (nSPS) is 12.6. The number of methoxy groups -OCH3 is 1. The molecule has 1 rings (SSSR count). The number of carbonyl (C=O) groups is 1. The predicted molar refractivity (Wildman–Crippen MR) is 87.0 cm³/mol. The van der Waals surface area contributed by atoms with Crippen LogP contribution in [0.25, 0.3) is 5.76 Å². The average molecular weight is 434 g/mol. The standard InChI is InChI=1S/C12H12BrCl2O6P/c1-18-12(16)10(13)11(21-22(17,19-2)20-3)8-5-4-7(14)6-9(8)15/h4-6H,1-3H3. The molecule has 0 fully saturated rings. The van der Waals surface area contributed by atoms with Gasteiger partial charge in [-0.05, 0) is 34.1 Å². The van der Waals surface area contributed by atoms with Gasteiger partial charge in [0.1, 0.15) is 4.48 Å². The Hall–Kier alpha value is -0.560. The van der Waals surface area contributed by atoms with E-state index in [-0.39, 0.29) is 20.8 Å². The van der Waals surface area contributed by atoms with Crippen LogP contribution in [-0.4, -0.2) is 27.3 Å². The van der Waals surface area contributed by atoms with Crippen LogP contribution in [0, 0.1) is 0 Å². The van der Waals surface area contributed by atoms with E-state index in [1.165, 1.54) is 25.3 Å². The molecule has 0 unspecified atom stereocenters. The van der Waals surface area contributed by atoms with Gasteiger partial charge in [-0.15, -0.1) is 0 Å². The van der Waals surface area contributed by atoms with Crippen molar-refractivity contribution in [2.45, 2.75) is 0 Å². The molecule has 0 aliphatic heterocycles. The van der Waals surface area contributed by atoms with Crippen LogP contribution in [0.2, 0.25) is 10.0 Å². The number of halogens is 3. The topological polar surface area (TPSA) is 71.1 Å². The fourth-order valence-corrected chi connectivity index (χ4v) is 3.11. The van der Waals surface area contributed by atoms with E-state index in [9.17, 15) is 9.36 Å². The number of hydrogen-bond donors (Lipinski definition) is 0. The van der Waals surface area contributed by atoms with Crippen LogP contribution < -0.4 is 0 Å². The van der Waals surface area contributed by atoms with Gasteiger partial charge in [-0.2, -0.15) is 0 Å². The molecule has 0 saturated heterocycles. The lowest BCUT2D eigenvalue weighted by Gasteiger charge is -2.18. The summed E-state index contributed by atoms with van der Waals surface area (Å²) in [6.45, 7) is 0. The Labute approximate surface area is 146 Å². The van der Waals surface area contributed by atoms with Gasteiger partial charge < -0.3 is 9.26 Å². The van der Waals surface area contributed by atoms with Crippen LogP contribution in [-0.2, 0) is 27.7 Å². The van der Waals surface area contributed by atoms with E-state index in [0.29, 0.717) is 5.02 Å². The van der Waals surface area contributed by atoms with Crippen molar-refractivity contribution in [2.75, 3.05) is 21.3 Å². The largest absolute Gasteiger partial charge is 0.529 e. The Bertz CT molecular complexity index is 641. The molecule has 0 heterocycles. The monoisotopic (exact) mass is 432 g/mol. The Morgan fingerprint density at radius 2 is 1.77 bits per heavy atom. The predicted octanol–water partition coefficient (Wildman–Crippen LogP) is 4.65. The van der Waals surface area contributed by atoms with Gasteiger partial charge in [0.05, 0.1) is 12.1 Å². The first-order valence-electron chi connectivity index (χ1n) is 5.62. The van der Waals surface area contributed by atoms with E-state index in [1.54, 1.807) is 0 Å². The molecule has 0 bridgehead atoms. The molecular formula is C12H12BrCl2O6P. The van der Waals surface area contributed by atoms with Crippen molar-refractivity contribution in [3.05, 3.63) is 38.3 Å². The molecule has 1 aromatic rings. The minimum absolute atomic E-state index is 0.145. The zero-order valence-corrected chi connectivity index (χ0v) is 15.8. The number of phosphoric acid groups is 1. The molecule has 0 amide bonds. The minimum Gasteiger partial charge on any atom is -0.465 e. The van der Waals surface area contributed by atoms with Crippen LogP contribution in [0.5, 0.6) is 0 Å². The molecule has 0 aromatic heterocycles. The number of carbonyl (C=O) groups excluding carboxylic acids is 1. The van der Waals surface area contributed by atoms with Crippen LogP contribution in [0.4, 0.5) is 0 Å². The van der Waals surface area contributed by atoms with Crippen molar-refractivity contribution in [1.29, 1.82) is 0 Å². The molecule has 0 saturated carbocycles. The van der Waals surface area contributed by atoms with Crippen molar-refractivity contribution >= 4 is 58.7 Å². The summed E-state index contributed by atoms with van der Waals surface area (Å²) in [6, 6.07) is 4.44. The highest BCUT2D eigenvalue weighted by Gasteiger charge is 2.30. The molecule has 22 heavy (non-hydrogen) atoms. The second-order valence-electron chi connectivity index (χ2n) is 3.66. The lowest BCUT2D eigenvalue weighted by molar-refractivity contribution is -0.135. The fraction of sp³-hybridized carbons (Fsp3) is 0.250. The smallest absolute Gasteiger partial charge is 0.465 e. The van der Waals surface area contributed by atoms with Gasteiger partial charge in [0.15, 0.2) is 5.76 Å². The van der Waals surface area contributed by atoms with E-state index >= 15 is 0 Å². The zero-order chi connectivity index (χ0) is 16.9. The molecular weight excluding hydrogens is 422 g/mol. The number of rotatable bonds is 6. The molecule has 6 nitrogen and oxygen atoms in total. The highest BCUT2D eigenvalue weighted by molar-refractivity contribution is 9.12. The summed E-state index contributed by atoms with van der Waals surface area (Å²) < 4.78 is 31.3. The van der Waals surface area contributed by atoms with Crippen molar-refractivity contribution in [1.82, 2.24) is 0 Å². The minimum atomic E-state index is -3.93. The SMILES string of the molecule is COC(=O)C(Br)=C(OP(=O)(OC)OC)c1ccc(Cl)cc1Cl. The molecule has 122 valence electrons. The number of benzene rings is 1. The second-order valence-corrected chi connectivity index (χ2v) is 7.11. The molecule has 0 spiro atoms. The maximum atomic E-state index is 12.2. The van der Waals surface area contributed by atoms with Gasteiger partial charge in [-0.1, -0.05) is 23.2 Å². The van der Waals surface area contributed by atoms with Gasteiger partial charge in [0.2, 0.25) is 0 Å². The van der Waals surface area contributed by atoms with Crippen molar-refractivity contribution in [2.24, 2.45) is 0 Å². The summed E-state index contributed by atoms with van der Waals surface area (Å²) in [5.74, 6) is -0.930. The van der Waals surface area contributed by atoms with Gasteiger partial charge in [-0.25, -0.2) is 9.36 Å². The van der Waals surface area contributed by atoms with E-state index in [4.69, 9.17) is 36.8 Å². The van der Waals surface area contributed by atoms with Gasteiger partial charge >= 0.3 is 13.8 Å². The number of hydrogen-bond acceptors (Lipinski definition) is 6. The van der Waals surface area contributed by atoms with Crippen molar-refractivity contribution in [3.8, 4) is 0 Å². The molecule has 10 heteroatoms. The molecule has 1 aromatic carbocycles. The Kier molecular flexibility index (Phi) is 7.38. The van der Waals surface area contributed by atoms with E-state index in [2.05, 4.69) is 20.7 Å². The van der Waals surface area contributed by atoms with Crippen LogP contribution in [0.3, 0.4) is 0 Å². The average Bonchev–Trinajstić information content (AvgIpc) is 2.51. The quantitative estimate of drug-likeness (QED) is 0.281. The van der Waals surface area contributed by atoms with Crippen molar-refractivity contribution in [3.63, 3.8) is 0 Å². The number of phosphoric ester groups is 1. The first-order chi connectivity index (χ1) is 10.3. The third kappa shape index (κ3) is 4.72. The molecule has 0 radical (unpaired) electrons. The third-order valence-corrected chi connectivity index (χ3v) is 4.92. The molecule has 0 atom stereocenters. The summed E-state index contributed by atoms with van der Waals surface area (Å²) in [5, 5.41) is 0.547. The fourth-order valence-electron chi connectivity index (χ4n) is 1.32. The first kappa shape index (κ1) is 19.5. The molecule has 0 aliphatic carbocycles. The molecule has 0 N–H and O–H groups in total. The van der Waals surface area contributed by atoms with Crippen LogP contribution in [0.15, 0.2) is 22.7 Å². The maximum absolute atomic E-state index is 12.2. The highest BCUT2D eigenvalue weighted by atomic mass is 79.9. The van der Waals surface area contributed by atoms with Gasteiger partial charge in [0.25, 0.3) is 0 Å². The van der Waals surface area contributed by atoms with Gasteiger partial charge in [-0.3, -0.25) is 9.05 Å². The molecule has 0 aliphatic rings. The number of ether oxygens (including phenoxy) is 1. The summed E-state index contributed by atoms with van der Waals surface area (Å²) in [5.41, 5.74) is 0.248. The van der Waals surface area contributed by atoms with Crippen molar-refractivity contribution < 1.29 is 27.7 Å². The zero-order valence-electron chi connectivity index (χ0n) is 11.8. The van der Waals surface area contributed by atoms with Gasteiger partial charge in [0, 0.05) is 24.8 Å². The Morgan fingerprint density at radius 1 is 1.18 bits per heavy atom. The van der Waals surface area contributed by atoms with Crippen LogP contribution in [0.1, 0.15) is 5.56 Å². The lowest BCUT2D eigenvalue weighted by Crippen LogP contribution is -2.06. The second kappa shape index (κ2) is 8.34. The first-order valence-corrected chi connectivity index (χ1v) is 8.63. The number of esters is 1.